The van der Waals surface area contributed by atoms with Crippen LogP contribution >= 0.6 is 0 Å². The Kier molecular flexibility index (Phi) is 5.62. The molecule has 0 aliphatic carbocycles. The molecule has 0 amide bonds. The van der Waals surface area contributed by atoms with Crippen molar-refractivity contribution in [2.45, 2.75) is 52.1 Å². The van der Waals surface area contributed by atoms with Crippen molar-refractivity contribution in [1.82, 2.24) is 0 Å². The summed E-state index contributed by atoms with van der Waals surface area (Å²) in [5, 5.41) is 0. The van der Waals surface area contributed by atoms with Gasteiger partial charge in [-0.1, -0.05) is 89.2 Å². The van der Waals surface area contributed by atoms with Gasteiger partial charge in [-0.2, -0.15) is 13.2 Å². The Bertz CT molecular complexity index is 1000. The Morgan fingerprint density at radius 1 is 0.690 bits per heavy atom. The summed E-state index contributed by atoms with van der Waals surface area (Å²) in [6.07, 6.45) is -4.35. The summed E-state index contributed by atoms with van der Waals surface area (Å²) in [6.45, 7) is 10.7. The van der Waals surface area contributed by atoms with Gasteiger partial charge in [-0.25, -0.2) is 0 Å². The van der Waals surface area contributed by atoms with Crippen LogP contribution in [0.2, 0.25) is 0 Å². The first kappa shape index (κ1) is 21.2. The number of alkyl halides is 3. The van der Waals surface area contributed by atoms with E-state index < -0.39 is 11.7 Å². The molecule has 3 rings (SSSR count). The van der Waals surface area contributed by atoms with Crippen LogP contribution in [-0.4, -0.2) is 0 Å². The van der Waals surface area contributed by atoms with Crippen LogP contribution in [0.4, 0.5) is 13.2 Å². The second kappa shape index (κ2) is 7.70. The molecule has 3 heteroatoms. The predicted molar refractivity (Wildman–Crippen MR) is 115 cm³/mol. The second-order valence-electron chi connectivity index (χ2n) is 8.83. The molecule has 0 heterocycles. The molecular weight excluding hydrogens is 369 g/mol. The zero-order chi connectivity index (χ0) is 21.4. The zero-order valence-electron chi connectivity index (χ0n) is 17.6. The van der Waals surface area contributed by atoms with Crippen LogP contribution in [0.1, 0.15) is 57.2 Å². The number of hydrogen-bond acceptors (Lipinski definition) is 0. The highest BCUT2D eigenvalue weighted by Crippen LogP contribution is 2.39. The second-order valence-corrected chi connectivity index (χ2v) is 8.83. The summed E-state index contributed by atoms with van der Waals surface area (Å²) in [4.78, 5) is 0. The Morgan fingerprint density at radius 2 is 1.34 bits per heavy atom. The molecule has 0 aliphatic rings. The third-order valence-electron chi connectivity index (χ3n) is 5.22. The smallest absolute Gasteiger partial charge is 0.166 e. The zero-order valence-corrected chi connectivity index (χ0v) is 17.6. The van der Waals surface area contributed by atoms with E-state index in [2.05, 4.69) is 52.8 Å². The SMILES string of the molecule is CC(C)c1cc(-c2ccccc2C(C)(C)C)ccc1-c1cccc(C(F)(F)F)c1. The predicted octanol–water partition coefficient (Wildman–Crippen LogP) is 8.46. The molecule has 152 valence electrons. The van der Waals surface area contributed by atoms with Gasteiger partial charge in [-0.05, 0) is 56.8 Å². The summed E-state index contributed by atoms with van der Waals surface area (Å²) >= 11 is 0. The van der Waals surface area contributed by atoms with E-state index in [1.165, 1.54) is 17.7 Å². The Morgan fingerprint density at radius 3 is 1.97 bits per heavy atom. The number of hydrogen-bond donors (Lipinski definition) is 0. The number of rotatable bonds is 3. The highest BCUT2D eigenvalue weighted by molar-refractivity contribution is 5.76. The fourth-order valence-corrected chi connectivity index (χ4v) is 3.72. The Balaban J connectivity index is 2.16. The molecule has 0 saturated heterocycles. The molecule has 0 fully saturated rings. The molecule has 0 unspecified atom stereocenters. The fourth-order valence-electron chi connectivity index (χ4n) is 3.72. The average molecular weight is 396 g/mol. The van der Waals surface area contributed by atoms with E-state index in [1.54, 1.807) is 6.07 Å². The topological polar surface area (TPSA) is 0 Å². The van der Waals surface area contributed by atoms with Crippen molar-refractivity contribution in [3.8, 4) is 22.3 Å². The maximum Gasteiger partial charge on any atom is 0.416 e. The van der Waals surface area contributed by atoms with E-state index in [4.69, 9.17) is 0 Å². The molecule has 3 aromatic rings. The molecule has 0 aliphatic heterocycles. The van der Waals surface area contributed by atoms with Gasteiger partial charge in [0, 0.05) is 0 Å². The van der Waals surface area contributed by atoms with Gasteiger partial charge in [0.15, 0.2) is 0 Å². The van der Waals surface area contributed by atoms with E-state index in [0.29, 0.717) is 5.56 Å². The van der Waals surface area contributed by atoms with E-state index in [9.17, 15) is 13.2 Å². The van der Waals surface area contributed by atoms with Gasteiger partial charge in [0.25, 0.3) is 0 Å². The van der Waals surface area contributed by atoms with Gasteiger partial charge >= 0.3 is 6.18 Å². The van der Waals surface area contributed by atoms with Gasteiger partial charge in [0.1, 0.15) is 0 Å². The van der Waals surface area contributed by atoms with Crippen LogP contribution < -0.4 is 0 Å². The quantitative estimate of drug-likeness (QED) is 0.416. The van der Waals surface area contributed by atoms with Gasteiger partial charge in [-0.3, -0.25) is 0 Å². The van der Waals surface area contributed by atoms with Crippen LogP contribution in [0.5, 0.6) is 0 Å². The first-order valence-corrected chi connectivity index (χ1v) is 9.90. The minimum atomic E-state index is -4.35. The number of halogens is 3. The summed E-state index contributed by atoms with van der Waals surface area (Å²) in [6, 6.07) is 20.0. The van der Waals surface area contributed by atoms with E-state index in [0.717, 1.165) is 28.3 Å². The van der Waals surface area contributed by atoms with Crippen molar-refractivity contribution in [3.63, 3.8) is 0 Å². The highest BCUT2D eigenvalue weighted by atomic mass is 19.4. The van der Waals surface area contributed by atoms with E-state index >= 15 is 0 Å². The molecule has 0 N–H and O–H groups in total. The van der Waals surface area contributed by atoms with Crippen molar-refractivity contribution in [3.05, 3.63) is 83.4 Å². The third kappa shape index (κ3) is 4.55. The molecular formula is C26H27F3. The molecule has 0 atom stereocenters. The largest absolute Gasteiger partial charge is 0.416 e. The maximum atomic E-state index is 13.2. The van der Waals surface area contributed by atoms with E-state index in [-0.39, 0.29) is 11.3 Å². The molecule has 29 heavy (non-hydrogen) atoms. The molecule has 0 saturated carbocycles. The first-order chi connectivity index (χ1) is 13.5. The van der Waals surface area contributed by atoms with Crippen LogP contribution in [0, 0.1) is 0 Å². The van der Waals surface area contributed by atoms with Crippen molar-refractivity contribution in [2.75, 3.05) is 0 Å². The fraction of sp³-hybridized carbons (Fsp3) is 0.308. The first-order valence-electron chi connectivity index (χ1n) is 9.90. The average Bonchev–Trinajstić information content (AvgIpc) is 2.66. The molecule has 0 spiro atoms. The van der Waals surface area contributed by atoms with Crippen molar-refractivity contribution >= 4 is 0 Å². The Labute approximate surface area is 171 Å². The van der Waals surface area contributed by atoms with Crippen molar-refractivity contribution < 1.29 is 13.2 Å². The summed E-state index contributed by atoms with van der Waals surface area (Å²) in [5.41, 5.74) is 5.38. The number of benzene rings is 3. The molecule has 0 aromatic heterocycles. The standard InChI is InChI=1S/C26H27F3/c1-17(2)23-16-19(22-11-6-7-12-24(22)25(3,4)5)13-14-21(23)18-9-8-10-20(15-18)26(27,28)29/h6-17H,1-5H3. The van der Waals surface area contributed by atoms with Gasteiger partial charge in [-0.15, -0.1) is 0 Å². The van der Waals surface area contributed by atoms with Crippen LogP contribution in [-0.2, 0) is 11.6 Å². The summed E-state index contributed by atoms with van der Waals surface area (Å²) in [7, 11) is 0. The lowest BCUT2D eigenvalue weighted by atomic mass is 9.80. The highest BCUT2D eigenvalue weighted by Gasteiger charge is 2.30. The maximum absolute atomic E-state index is 13.2. The van der Waals surface area contributed by atoms with Gasteiger partial charge in [0.2, 0.25) is 0 Å². The third-order valence-corrected chi connectivity index (χ3v) is 5.22. The van der Waals surface area contributed by atoms with Crippen LogP contribution in [0.25, 0.3) is 22.3 Å². The van der Waals surface area contributed by atoms with Crippen LogP contribution in [0.15, 0.2) is 66.7 Å². The van der Waals surface area contributed by atoms with Crippen molar-refractivity contribution in [2.24, 2.45) is 0 Å². The lowest BCUT2D eigenvalue weighted by Crippen LogP contribution is -2.12. The minimum absolute atomic E-state index is 0.00566. The molecule has 0 radical (unpaired) electrons. The van der Waals surface area contributed by atoms with Gasteiger partial charge < -0.3 is 0 Å². The van der Waals surface area contributed by atoms with E-state index in [1.807, 2.05) is 24.3 Å². The lowest BCUT2D eigenvalue weighted by molar-refractivity contribution is -0.137. The summed E-state index contributed by atoms with van der Waals surface area (Å²) in [5.74, 6) is 0.182. The monoisotopic (exact) mass is 396 g/mol. The Hall–Kier alpha value is -2.55. The molecule has 0 bridgehead atoms. The molecule has 3 aromatic carbocycles. The molecule has 0 nitrogen and oxygen atoms in total. The summed E-state index contributed by atoms with van der Waals surface area (Å²) < 4.78 is 39.6. The van der Waals surface area contributed by atoms with Gasteiger partial charge in [0.05, 0.1) is 5.56 Å². The normalized spacial score (nSPS) is 12.4. The lowest BCUT2D eigenvalue weighted by Gasteiger charge is -2.24. The van der Waals surface area contributed by atoms with Crippen molar-refractivity contribution in [1.29, 1.82) is 0 Å². The minimum Gasteiger partial charge on any atom is -0.166 e. The van der Waals surface area contributed by atoms with Crippen LogP contribution in [0.3, 0.4) is 0 Å².